The van der Waals surface area contributed by atoms with Crippen molar-refractivity contribution in [3.05, 3.63) is 0 Å². The molecule has 26 nitrogen and oxygen atoms in total. The maximum atomic E-state index is 11.4. The maximum absolute atomic E-state index is 11.4. The summed E-state index contributed by atoms with van der Waals surface area (Å²) in [6.45, 7) is -1.78. The summed E-state index contributed by atoms with van der Waals surface area (Å²) in [5.74, 6) is 0. The van der Waals surface area contributed by atoms with Gasteiger partial charge in [0.05, 0.1) is 0 Å². The topological polar surface area (TPSA) is 577 Å². The van der Waals surface area contributed by atoms with Crippen LogP contribution in [0.2, 0.25) is 0 Å². The van der Waals surface area contributed by atoms with Gasteiger partial charge in [-0.2, -0.15) is 0 Å². The zero-order chi connectivity index (χ0) is 25.6. The van der Waals surface area contributed by atoms with Crippen molar-refractivity contribution in [2.24, 2.45) is 0 Å². The summed E-state index contributed by atoms with van der Waals surface area (Å²) in [4.78, 5) is 93.2. The van der Waals surface area contributed by atoms with Crippen LogP contribution in [0.5, 0.6) is 0 Å². The van der Waals surface area contributed by atoms with Crippen LogP contribution in [0.3, 0.4) is 0 Å². The van der Waals surface area contributed by atoms with E-state index >= 15 is 0 Å². The van der Waals surface area contributed by atoms with Gasteiger partial charge in [0.1, 0.15) is 31.4 Å². The molecule has 0 bridgehead atoms. The van der Waals surface area contributed by atoms with E-state index in [0.717, 1.165) is 4.90 Å². The van der Waals surface area contributed by atoms with Crippen LogP contribution in [0.25, 0.3) is 0 Å². The lowest BCUT2D eigenvalue weighted by molar-refractivity contribution is 0.198. The summed E-state index contributed by atoms with van der Waals surface area (Å²) in [6, 6.07) is 0. The van der Waals surface area contributed by atoms with Gasteiger partial charge in [0.2, 0.25) is 0 Å². The molecule has 31 heteroatoms. The van der Waals surface area contributed by atoms with Crippen molar-refractivity contribution in [3.63, 3.8) is 0 Å². The molecule has 0 fully saturated rings. The molecule has 0 radical (unpaired) electrons. The molecule has 0 saturated heterocycles. The van der Waals surface area contributed by atoms with E-state index in [9.17, 15) is 32.6 Å². The molecule has 0 rings (SSSR count). The fourth-order valence-corrected chi connectivity index (χ4v) is 6.66. The van der Waals surface area contributed by atoms with E-state index < -0.39 is 95.6 Å². The van der Waals surface area contributed by atoms with E-state index in [1.54, 1.807) is 0 Å². The van der Waals surface area contributed by atoms with Gasteiger partial charge in [0.25, 0.3) is 0 Å². The largest absolute Gasteiger partial charge is 0.344 e. The highest BCUT2D eigenvalue weighted by atomic mass is 31.2. The normalized spacial score (nSPS) is 11.7. The highest BCUT2D eigenvalue weighted by Crippen LogP contribution is 2.42. The second-order valence-electron chi connectivity index (χ2n) is 6.94. The molecule has 0 aliphatic carbocycles. The summed E-state index contributed by atoms with van der Waals surface area (Å²) >= 11 is 0. The summed E-state index contributed by atoms with van der Waals surface area (Å²) in [5, 5.41) is 0. The first-order chi connectivity index (χ1) is 13.9. The van der Waals surface area contributed by atoms with Crippen molar-refractivity contribution in [3.8, 4) is 0 Å². The molecular formula is C9H52N11O15P5. The highest BCUT2D eigenvalue weighted by molar-refractivity contribution is 7.53. The van der Waals surface area contributed by atoms with E-state index in [1.807, 2.05) is 0 Å². The molecular weight excluding hydrogens is 657 g/mol. The average Bonchev–Trinajstić information content (AvgIpc) is 2.41. The Balaban J connectivity index is -0.000000172. The Labute approximate surface area is 231 Å². The van der Waals surface area contributed by atoms with Crippen molar-refractivity contribution < 1.29 is 71.8 Å². The Morgan fingerprint density at radius 1 is 0.300 bits per heavy atom. The third kappa shape index (κ3) is 42.8. The van der Waals surface area contributed by atoms with Gasteiger partial charge in [-0.25, -0.2) is 0 Å². The van der Waals surface area contributed by atoms with Crippen molar-refractivity contribution in [1.29, 1.82) is 0 Å². The van der Waals surface area contributed by atoms with Crippen LogP contribution >= 0.6 is 38.0 Å². The molecule has 34 N–H and O–H groups in total. The minimum Gasteiger partial charge on any atom is -0.344 e. The predicted molar refractivity (Wildman–Crippen MR) is 150 cm³/mol. The summed E-state index contributed by atoms with van der Waals surface area (Å²) in [7, 11) is -23.8. The first-order valence-electron chi connectivity index (χ1n) is 8.34. The van der Waals surface area contributed by atoms with Gasteiger partial charge >= 0.3 is 38.0 Å². The quantitative estimate of drug-likeness (QED) is 0.0842. The van der Waals surface area contributed by atoms with Crippen molar-refractivity contribution >= 4 is 38.0 Å². The molecule has 0 heterocycles. The Hall–Kier alpha value is 0.310. The van der Waals surface area contributed by atoms with Crippen molar-refractivity contribution in [1.82, 2.24) is 63.9 Å². The van der Waals surface area contributed by atoms with E-state index in [1.165, 1.54) is 0 Å². The third-order valence-electron chi connectivity index (χ3n) is 3.39. The molecule has 0 unspecified atom stereocenters. The fraction of sp³-hybridized carbons (Fsp3) is 1.00. The van der Waals surface area contributed by atoms with Crippen LogP contribution in [0, 0.1) is 0 Å². The molecule has 0 amide bonds. The zero-order valence-corrected chi connectivity index (χ0v) is 26.6. The van der Waals surface area contributed by atoms with E-state index in [2.05, 4.69) is 0 Å². The van der Waals surface area contributed by atoms with Crippen molar-refractivity contribution in [2.45, 2.75) is 0 Å². The Morgan fingerprint density at radius 3 is 0.575 bits per heavy atom. The van der Waals surface area contributed by atoms with Gasteiger partial charge < -0.3 is 98.1 Å². The monoisotopic (exact) mass is 709 g/mol. The van der Waals surface area contributed by atoms with Crippen molar-refractivity contribution in [2.75, 3.05) is 57.6 Å². The number of hydrogen-bond acceptors (Lipinski definition) is 16. The molecule has 0 aliphatic rings. The fourth-order valence-electron chi connectivity index (χ4n) is 2.49. The second-order valence-corrected chi connectivity index (χ2v) is 15.0. The minimum absolute atomic E-state index is 0. The Morgan fingerprint density at radius 2 is 0.425 bits per heavy atom. The standard InChI is InChI=1S/C9H28N3O15P5.8H3N/c13-28(14,15)5-10(1-3-11(6-29(16,17)18)7-30(19,20)21)2-4-12(8-31(22,23)24)9-32(25,26)27;;;;;;;;/h1-9H2,(H2,13,14,15)(H2,16,17,18)(H2,19,20,21)(H2,22,23,24)(H2,25,26,27);8*1H3. The van der Waals surface area contributed by atoms with Crippen LogP contribution in [-0.2, 0) is 22.8 Å². The Bertz CT molecular complexity index is 740. The first kappa shape index (κ1) is 63.5. The number of nitrogens with zero attached hydrogens (tertiary/aromatic N) is 3. The van der Waals surface area contributed by atoms with Gasteiger partial charge in [0.15, 0.2) is 0 Å². The lowest BCUT2D eigenvalue weighted by atomic mass is 10.4. The van der Waals surface area contributed by atoms with E-state index in [4.69, 9.17) is 39.1 Å². The lowest BCUT2D eigenvalue weighted by Crippen LogP contribution is -2.41. The predicted octanol–water partition coefficient (Wildman–Crippen LogP) is -1.14. The molecule has 258 valence electrons. The number of hydrogen-bond donors (Lipinski definition) is 18. The summed E-state index contributed by atoms with van der Waals surface area (Å²) in [5.41, 5.74) is 0. The van der Waals surface area contributed by atoms with Gasteiger partial charge in [-0.1, -0.05) is 0 Å². The minimum atomic E-state index is -4.76. The SMILES string of the molecule is N.N.N.N.N.N.N.N.O=P(O)(O)CN(CCN(CP(=O)(O)O)CP(=O)(O)O)CCN(CP(=O)(O)O)CP(=O)(O)O. The molecule has 0 aromatic heterocycles. The van der Waals surface area contributed by atoms with Gasteiger partial charge in [0, 0.05) is 26.2 Å². The van der Waals surface area contributed by atoms with Gasteiger partial charge in [-0.3, -0.25) is 37.5 Å². The molecule has 0 saturated carbocycles. The highest BCUT2D eigenvalue weighted by Gasteiger charge is 2.29. The van der Waals surface area contributed by atoms with E-state index in [0.29, 0.717) is 9.80 Å². The zero-order valence-electron chi connectivity index (χ0n) is 22.1. The molecule has 0 aliphatic heterocycles. The van der Waals surface area contributed by atoms with Gasteiger partial charge in [-0.05, 0) is 0 Å². The lowest BCUT2D eigenvalue weighted by Gasteiger charge is -2.30. The smallest absolute Gasteiger partial charge is 0.339 e. The molecule has 0 spiro atoms. The van der Waals surface area contributed by atoms with Crippen LogP contribution in [0.15, 0.2) is 0 Å². The van der Waals surface area contributed by atoms with Gasteiger partial charge in [-0.15, -0.1) is 0 Å². The maximum Gasteiger partial charge on any atom is 0.339 e. The molecule has 0 aromatic carbocycles. The number of rotatable bonds is 16. The third-order valence-corrected chi connectivity index (χ3v) is 7.23. The van der Waals surface area contributed by atoms with Crippen LogP contribution in [-0.4, -0.2) is 121 Å². The first-order valence-corrected chi connectivity index (χ1v) is 17.3. The van der Waals surface area contributed by atoms with Crippen LogP contribution < -0.4 is 49.2 Å². The molecule has 0 aromatic rings. The second kappa shape index (κ2) is 24.7. The van der Waals surface area contributed by atoms with E-state index in [-0.39, 0.29) is 49.2 Å². The van der Waals surface area contributed by atoms with Crippen LogP contribution in [0.1, 0.15) is 0 Å². The summed E-state index contributed by atoms with van der Waals surface area (Å²) < 4.78 is 56.1. The Kier molecular flexibility index (Phi) is 39.3. The molecule has 0 atom stereocenters. The van der Waals surface area contributed by atoms with Crippen LogP contribution in [0.4, 0.5) is 0 Å². The molecule has 40 heavy (non-hydrogen) atoms. The summed E-state index contributed by atoms with van der Waals surface area (Å²) in [6.07, 6.45) is -5.21. The average molecular weight is 709 g/mol.